The lowest BCUT2D eigenvalue weighted by atomic mass is 10.2. The van der Waals surface area contributed by atoms with Gasteiger partial charge in [0.2, 0.25) is 0 Å². The van der Waals surface area contributed by atoms with Gasteiger partial charge < -0.3 is 9.84 Å². The van der Waals surface area contributed by atoms with Crippen LogP contribution in [0.5, 0.6) is 5.75 Å². The normalized spacial score (nSPS) is 10.4. The molecular weight excluding hydrogens is 252 g/mol. The van der Waals surface area contributed by atoms with Crippen LogP contribution in [0.4, 0.5) is 0 Å². The van der Waals surface area contributed by atoms with E-state index in [0.717, 1.165) is 11.6 Å². The number of halogens is 1. The van der Waals surface area contributed by atoms with E-state index in [0.29, 0.717) is 22.9 Å². The summed E-state index contributed by atoms with van der Waals surface area (Å²) in [5.41, 5.74) is 1.79. The van der Waals surface area contributed by atoms with Crippen molar-refractivity contribution in [2.75, 3.05) is 6.61 Å². The highest BCUT2D eigenvalue weighted by atomic mass is 35.5. The second-order valence-electron chi connectivity index (χ2n) is 3.92. The van der Waals surface area contributed by atoms with E-state index in [1.165, 1.54) is 6.08 Å². The molecule has 0 saturated carbocycles. The first-order valence-electron chi connectivity index (χ1n) is 5.46. The van der Waals surface area contributed by atoms with E-state index in [1.54, 1.807) is 18.2 Å². The van der Waals surface area contributed by atoms with Crippen LogP contribution in [0.3, 0.4) is 0 Å². The van der Waals surface area contributed by atoms with Gasteiger partial charge in [0.15, 0.2) is 0 Å². The summed E-state index contributed by atoms with van der Waals surface area (Å²) in [6, 6.07) is 5.21. The van der Waals surface area contributed by atoms with Crippen molar-refractivity contribution in [3.63, 3.8) is 0 Å². The molecule has 1 rings (SSSR count). The van der Waals surface area contributed by atoms with E-state index in [1.807, 2.05) is 19.9 Å². The van der Waals surface area contributed by atoms with E-state index in [9.17, 15) is 4.79 Å². The molecule has 0 radical (unpaired) electrons. The zero-order valence-electron chi connectivity index (χ0n) is 10.3. The Morgan fingerprint density at radius 2 is 2.17 bits per heavy atom. The lowest BCUT2D eigenvalue weighted by molar-refractivity contribution is -0.131. The van der Waals surface area contributed by atoms with Gasteiger partial charge in [0, 0.05) is 11.6 Å². The third kappa shape index (κ3) is 4.63. The fourth-order valence-corrected chi connectivity index (χ4v) is 1.50. The maximum absolute atomic E-state index is 10.5. The van der Waals surface area contributed by atoms with Gasteiger partial charge in [-0.1, -0.05) is 29.3 Å². The molecule has 96 valence electrons. The molecule has 4 heteroatoms. The molecule has 1 N–H and O–H groups in total. The zero-order chi connectivity index (χ0) is 13.5. The first-order valence-corrected chi connectivity index (χ1v) is 5.84. The molecule has 3 nitrogen and oxygen atoms in total. The third-order valence-corrected chi connectivity index (χ3v) is 2.42. The van der Waals surface area contributed by atoms with Gasteiger partial charge in [-0.25, -0.2) is 4.79 Å². The minimum absolute atomic E-state index is 0.403. The van der Waals surface area contributed by atoms with Gasteiger partial charge in [0.25, 0.3) is 0 Å². The number of aliphatic carboxylic acids is 1. The topological polar surface area (TPSA) is 46.5 Å². The van der Waals surface area contributed by atoms with E-state index >= 15 is 0 Å². The van der Waals surface area contributed by atoms with E-state index in [2.05, 4.69) is 0 Å². The Morgan fingerprint density at radius 1 is 1.44 bits per heavy atom. The fraction of sp³-hybridized carbons (Fsp3) is 0.214. The fourth-order valence-electron chi connectivity index (χ4n) is 1.26. The lowest BCUT2D eigenvalue weighted by Gasteiger charge is -2.09. The Hall–Kier alpha value is -1.74. The van der Waals surface area contributed by atoms with E-state index in [-0.39, 0.29) is 0 Å². The minimum Gasteiger partial charge on any atom is -0.487 e. The summed E-state index contributed by atoms with van der Waals surface area (Å²) in [6.45, 7) is 4.35. The molecule has 0 aliphatic carbocycles. The first kappa shape index (κ1) is 14.3. The summed E-state index contributed by atoms with van der Waals surface area (Å²) >= 11 is 6.03. The Kier molecular flexibility index (Phi) is 5.46. The molecule has 1 aromatic carbocycles. The molecule has 0 aliphatic rings. The number of carboxylic acid groups (broad SMARTS) is 1. The molecule has 0 saturated heterocycles. The summed E-state index contributed by atoms with van der Waals surface area (Å²) < 4.78 is 5.56. The number of hydrogen-bond donors (Lipinski definition) is 1. The first-order chi connectivity index (χ1) is 8.50. The highest BCUT2D eigenvalue weighted by Crippen LogP contribution is 2.29. The number of hydrogen-bond acceptors (Lipinski definition) is 2. The van der Waals surface area contributed by atoms with Crippen LogP contribution in [-0.4, -0.2) is 17.7 Å². The van der Waals surface area contributed by atoms with E-state index < -0.39 is 5.97 Å². The average Bonchev–Trinajstić information content (AvgIpc) is 2.28. The Balaban J connectivity index is 2.93. The molecule has 0 aliphatic heterocycles. The summed E-state index contributed by atoms with van der Waals surface area (Å²) in [5.74, 6) is -0.514. The maximum Gasteiger partial charge on any atom is 0.328 e. The van der Waals surface area contributed by atoms with Crippen molar-refractivity contribution in [1.29, 1.82) is 0 Å². The number of para-hydroxylation sites is 1. The van der Waals surface area contributed by atoms with Crippen molar-refractivity contribution in [1.82, 2.24) is 0 Å². The van der Waals surface area contributed by atoms with Gasteiger partial charge in [0.1, 0.15) is 12.4 Å². The monoisotopic (exact) mass is 266 g/mol. The predicted octanol–water partition coefficient (Wildman–Crippen LogP) is 3.78. The molecule has 0 atom stereocenters. The zero-order valence-corrected chi connectivity index (χ0v) is 11.1. The van der Waals surface area contributed by atoms with Crippen molar-refractivity contribution >= 4 is 23.6 Å². The predicted molar refractivity (Wildman–Crippen MR) is 73.0 cm³/mol. The molecule has 1 aromatic rings. The summed E-state index contributed by atoms with van der Waals surface area (Å²) in [6.07, 6.45) is 4.44. The van der Waals surface area contributed by atoms with Gasteiger partial charge >= 0.3 is 5.97 Å². The quantitative estimate of drug-likeness (QED) is 0.652. The summed E-state index contributed by atoms with van der Waals surface area (Å²) in [7, 11) is 0. The molecule has 18 heavy (non-hydrogen) atoms. The Bertz CT molecular complexity index is 486. The Labute approximate surface area is 111 Å². The molecule has 0 aromatic heterocycles. The number of carboxylic acids is 1. The summed E-state index contributed by atoms with van der Waals surface area (Å²) in [5, 5.41) is 9.08. The van der Waals surface area contributed by atoms with Crippen LogP contribution in [0.1, 0.15) is 19.4 Å². The standard InChI is InChI=1S/C14H15ClO3/c1-10(2)8-9-18-14-11(6-7-13(16)17)4-3-5-12(14)15/h3-8H,9H2,1-2H3,(H,16,17)/b7-6+. The van der Waals surface area contributed by atoms with Crippen molar-refractivity contribution < 1.29 is 14.6 Å². The molecule has 0 fully saturated rings. The molecule has 0 heterocycles. The largest absolute Gasteiger partial charge is 0.487 e. The maximum atomic E-state index is 10.5. The van der Waals surface area contributed by atoms with Gasteiger partial charge in [0.05, 0.1) is 5.02 Å². The van der Waals surface area contributed by atoms with Gasteiger partial charge in [-0.15, -0.1) is 0 Å². The van der Waals surface area contributed by atoms with Crippen LogP contribution < -0.4 is 4.74 Å². The molecule has 0 amide bonds. The molecule has 0 bridgehead atoms. The number of allylic oxidation sites excluding steroid dienone is 1. The van der Waals surface area contributed by atoms with Gasteiger partial charge in [-0.05, 0) is 32.1 Å². The summed E-state index contributed by atoms with van der Waals surface area (Å²) in [4.78, 5) is 10.5. The van der Waals surface area contributed by atoms with Crippen LogP contribution >= 0.6 is 11.6 Å². The highest BCUT2D eigenvalue weighted by Gasteiger charge is 2.05. The Morgan fingerprint density at radius 3 is 2.78 bits per heavy atom. The van der Waals surface area contributed by atoms with Crippen LogP contribution in [0.25, 0.3) is 6.08 Å². The number of rotatable bonds is 5. The van der Waals surface area contributed by atoms with Crippen molar-refractivity contribution in [3.8, 4) is 5.75 Å². The van der Waals surface area contributed by atoms with Crippen molar-refractivity contribution in [2.45, 2.75) is 13.8 Å². The second-order valence-corrected chi connectivity index (χ2v) is 4.33. The van der Waals surface area contributed by atoms with Gasteiger partial charge in [-0.3, -0.25) is 0 Å². The van der Waals surface area contributed by atoms with Crippen LogP contribution in [-0.2, 0) is 4.79 Å². The van der Waals surface area contributed by atoms with Crippen LogP contribution in [0.15, 0.2) is 35.9 Å². The molecular formula is C14H15ClO3. The number of ether oxygens (including phenoxy) is 1. The smallest absolute Gasteiger partial charge is 0.328 e. The van der Waals surface area contributed by atoms with E-state index in [4.69, 9.17) is 21.4 Å². The second kappa shape index (κ2) is 6.87. The lowest BCUT2D eigenvalue weighted by Crippen LogP contribution is -1.97. The van der Waals surface area contributed by atoms with Crippen molar-refractivity contribution in [2.24, 2.45) is 0 Å². The van der Waals surface area contributed by atoms with Crippen LogP contribution in [0.2, 0.25) is 5.02 Å². The minimum atomic E-state index is -1.01. The molecule has 0 spiro atoms. The average molecular weight is 267 g/mol. The number of benzene rings is 1. The SMILES string of the molecule is CC(C)=CCOc1c(Cl)cccc1/C=C/C(=O)O. The number of carbonyl (C=O) groups is 1. The van der Waals surface area contributed by atoms with Gasteiger partial charge in [-0.2, -0.15) is 0 Å². The van der Waals surface area contributed by atoms with Crippen molar-refractivity contribution in [3.05, 3.63) is 46.5 Å². The highest BCUT2D eigenvalue weighted by molar-refractivity contribution is 6.32. The van der Waals surface area contributed by atoms with Crippen LogP contribution in [0, 0.1) is 0 Å². The molecule has 0 unspecified atom stereocenters. The third-order valence-electron chi connectivity index (χ3n) is 2.12.